The summed E-state index contributed by atoms with van der Waals surface area (Å²) < 4.78 is 5.19. The summed E-state index contributed by atoms with van der Waals surface area (Å²) >= 11 is 6.21. The first-order valence-electron chi connectivity index (χ1n) is 7.47. The number of nitrogens with one attached hydrogen (secondary N) is 1. The molecule has 2 rings (SSSR count). The maximum absolute atomic E-state index is 6.29. The van der Waals surface area contributed by atoms with Gasteiger partial charge in [0.15, 0.2) is 0 Å². The molecule has 0 saturated heterocycles. The van der Waals surface area contributed by atoms with Crippen LogP contribution in [0.1, 0.15) is 49.4 Å². The minimum Gasteiger partial charge on any atom is -0.472 e. The molecule has 0 aliphatic heterocycles. The third-order valence-electron chi connectivity index (χ3n) is 3.66. The molecule has 0 amide bonds. The Morgan fingerprint density at radius 1 is 1.24 bits per heavy atom. The fourth-order valence-electron chi connectivity index (χ4n) is 2.46. The number of nitrogens with two attached hydrogens (primary N) is 1. The van der Waals surface area contributed by atoms with Crippen LogP contribution in [0.2, 0.25) is 5.02 Å². The largest absolute Gasteiger partial charge is 0.472 e. The normalized spacial score (nSPS) is 14.0. The van der Waals surface area contributed by atoms with E-state index in [1.165, 1.54) is 5.56 Å². The van der Waals surface area contributed by atoms with E-state index in [2.05, 4.69) is 12.2 Å². The van der Waals surface area contributed by atoms with E-state index >= 15 is 0 Å². The molecule has 0 bridgehead atoms. The van der Waals surface area contributed by atoms with Gasteiger partial charge in [0.1, 0.15) is 0 Å². The maximum atomic E-state index is 6.29. The average Bonchev–Trinajstić information content (AvgIpc) is 3.01. The molecule has 2 atom stereocenters. The van der Waals surface area contributed by atoms with E-state index in [9.17, 15) is 0 Å². The number of rotatable bonds is 8. The van der Waals surface area contributed by atoms with Gasteiger partial charge in [0.05, 0.1) is 12.5 Å². The molecule has 21 heavy (non-hydrogen) atoms. The number of hydrogen-bond donors (Lipinski definition) is 2. The van der Waals surface area contributed by atoms with Crippen LogP contribution in [0.4, 0.5) is 0 Å². The summed E-state index contributed by atoms with van der Waals surface area (Å²) in [6, 6.07) is 10.0. The fourth-order valence-corrected chi connectivity index (χ4v) is 2.73. The topological polar surface area (TPSA) is 51.2 Å². The van der Waals surface area contributed by atoms with E-state index < -0.39 is 0 Å². The lowest BCUT2D eigenvalue weighted by Gasteiger charge is -2.20. The zero-order valence-corrected chi connectivity index (χ0v) is 13.1. The summed E-state index contributed by atoms with van der Waals surface area (Å²) in [6.45, 7) is 3.14. The van der Waals surface area contributed by atoms with Crippen molar-refractivity contribution in [2.75, 3.05) is 6.54 Å². The van der Waals surface area contributed by atoms with Crippen molar-refractivity contribution in [2.45, 2.75) is 38.3 Å². The maximum Gasteiger partial charge on any atom is 0.0950 e. The van der Waals surface area contributed by atoms with E-state index in [0.717, 1.165) is 36.4 Å². The zero-order valence-electron chi connectivity index (χ0n) is 12.4. The molecule has 0 aliphatic rings. The van der Waals surface area contributed by atoms with Crippen molar-refractivity contribution >= 4 is 11.6 Å². The van der Waals surface area contributed by atoms with Gasteiger partial charge in [-0.3, -0.25) is 0 Å². The Morgan fingerprint density at radius 2 is 2.05 bits per heavy atom. The van der Waals surface area contributed by atoms with E-state index in [1.807, 2.05) is 30.3 Å². The number of furan rings is 1. The molecule has 2 unspecified atom stereocenters. The molecule has 3 nitrogen and oxygen atoms in total. The van der Waals surface area contributed by atoms with Crippen LogP contribution in [0.5, 0.6) is 0 Å². The van der Waals surface area contributed by atoms with Gasteiger partial charge in [0, 0.05) is 22.7 Å². The van der Waals surface area contributed by atoms with Crippen molar-refractivity contribution in [2.24, 2.45) is 5.73 Å². The van der Waals surface area contributed by atoms with Gasteiger partial charge in [0.25, 0.3) is 0 Å². The van der Waals surface area contributed by atoms with Crippen molar-refractivity contribution in [3.8, 4) is 0 Å². The van der Waals surface area contributed by atoms with Gasteiger partial charge in [-0.25, -0.2) is 0 Å². The van der Waals surface area contributed by atoms with E-state index in [1.54, 1.807) is 12.5 Å². The van der Waals surface area contributed by atoms with Crippen molar-refractivity contribution in [3.63, 3.8) is 0 Å². The Morgan fingerprint density at radius 3 is 2.71 bits per heavy atom. The summed E-state index contributed by atoms with van der Waals surface area (Å²) in [5.74, 6) is 0. The van der Waals surface area contributed by atoms with Crippen LogP contribution in [-0.2, 0) is 0 Å². The van der Waals surface area contributed by atoms with Gasteiger partial charge >= 0.3 is 0 Å². The van der Waals surface area contributed by atoms with Crippen LogP contribution in [-0.4, -0.2) is 6.54 Å². The Hall–Kier alpha value is -1.29. The molecule has 3 N–H and O–H groups in total. The Balaban J connectivity index is 1.96. The fraction of sp³-hybridized carbons (Fsp3) is 0.412. The first kappa shape index (κ1) is 16.1. The second-order valence-electron chi connectivity index (χ2n) is 5.27. The third-order valence-corrected chi connectivity index (χ3v) is 4.00. The van der Waals surface area contributed by atoms with Crippen LogP contribution >= 0.6 is 11.6 Å². The number of hydrogen-bond acceptors (Lipinski definition) is 3. The lowest BCUT2D eigenvalue weighted by Crippen LogP contribution is -2.23. The average molecular weight is 307 g/mol. The monoisotopic (exact) mass is 306 g/mol. The highest BCUT2D eigenvalue weighted by molar-refractivity contribution is 6.31. The predicted molar refractivity (Wildman–Crippen MR) is 87.4 cm³/mol. The first-order chi connectivity index (χ1) is 10.2. The molecule has 2 aromatic rings. The highest BCUT2D eigenvalue weighted by Crippen LogP contribution is 2.27. The molecule has 114 valence electrons. The molecule has 0 spiro atoms. The van der Waals surface area contributed by atoms with Crippen molar-refractivity contribution in [3.05, 3.63) is 59.0 Å². The first-order valence-corrected chi connectivity index (χ1v) is 7.85. The number of halogens is 1. The summed E-state index contributed by atoms with van der Waals surface area (Å²) in [4.78, 5) is 0. The summed E-state index contributed by atoms with van der Waals surface area (Å²) in [7, 11) is 0. The lowest BCUT2D eigenvalue weighted by atomic mass is 9.97. The van der Waals surface area contributed by atoms with Crippen LogP contribution in [0, 0.1) is 0 Å². The second kappa shape index (κ2) is 8.23. The van der Waals surface area contributed by atoms with Gasteiger partial charge in [-0.05, 0) is 43.5 Å². The van der Waals surface area contributed by atoms with Gasteiger partial charge < -0.3 is 15.5 Å². The molecule has 0 aliphatic carbocycles. The summed E-state index contributed by atoms with van der Waals surface area (Å²) in [5.41, 5.74) is 8.48. The summed E-state index contributed by atoms with van der Waals surface area (Å²) in [5, 5.41) is 4.29. The SMILES string of the molecule is CCCNC(CCC(N)c1ccccc1Cl)c1ccoc1. The van der Waals surface area contributed by atoms with E-state index in [4.69, 9.17) is 21.8 Å². The van der Waals surface area contributed by atoms with Gasteiger partial charge in [-0.2, -0.15) is 0 Å². The van der Waals surface area contributed by atoms with Crippen LogP contribution in [0.25, 0.3) is 0 Å². The highest BCUT2D eigenvalue weighted by Gasteiger charge is 2.16. The molecule has 4 heteroatoms. The second-order valence-corrected chi connectivity index (χ2v) is 5.68. The molecule has 0 radical (unpaired) electrons. The number of benzene rings is 1. The highest BCUT2D eigenvalue weighted by atomic mass is 35.5. The Labute approximate surface area is 131 Å². The predicted octanol–water partition coefficient (Wildman–Crippen LogP) is 4.45. The van der Waals surface area contributed by atoms with E-state index in [-0.39, 0.29) is 12.1 Å². The van der Waals surface area contributed by atoms with Crippen molar-refractivity contribution in [1.29, 1.82) is 0 Å². The Kier molecular flexibility index (Phi) is 6.30. The van der Waals surface area contributed by atoms with Gasteiger partial charge in [0.2, 0.25) is 0 Å². The van der Waals surface area contributed by atoms with Gasteiger partial charge in [-0.1, -0.05) is 36.7 Å². The third kappa shape index (κ3) is 4.60. The quantitative estimate of drug-likeness (QED) is 0.757. The molecule has 1 aromatic carbocycles. The van der Waals surface area contributed by atoms with Gasteiger partial charge in [-0.15, -0.1) is 0 Å². The lowest BCUT2D eigenvalue weighted by molar-refractivity contribution is 0.454. The molecule has 1 aromatic heterocycles. The zero-order chi connectivity index (χ0) is 15.1. The minimum atomic E-state index is -0.0449. The van der Waals surface area contributed by atoms with Crippen molar-refractivity contribution in [1.82, 2.24) is 5.32 Å². The molecular formula is C17H23ClN2O. The van der Waals surface area contributed by atoms with Crippen LogP contribution in [0.3, 0.4) is 0 Å². The molecule has 0 fully saturated rings. The standard InChI is InChI=1S/C17H23ClN2O/c1-2-10-20-17(13-9-11-21-12-13)8-7-16(19)14-5-3-4-6-15(14)18/h3-6,9,11-12,16-17,20H,2,7-8,10,19H2,1H3. The Bertz CT molecular complexity index is 527. The molecule has 1 heterocycles. The van der Waals surface area contributed by atoms with Crippen LogP contribution < -0.4 is 11.1 Å². The minimum absolute atomic E-state index is 0.0449. The van der Waals surface area contributed by atoms with Crippen LogP contribution in [0.15, 0.2) is 47.3 Å². The van der Waals surface area contributed by atoms with Crippen molar-refractivity contribution < 1.29 is 4.42 Å². The smallest absolute Gasteiger partial charge is 0.0950 e. The molecular weight excluding hydrogens is 284 g/mol. The van der Waals surface area contributed by atoms with E-state index in [0.29, 0.717) is 0 Å². The summed E-state index contributed by atoms with van der Waals surface area (Å²) in [6.07, 6.45) is 6.44. The molecule has 0 saturated carbocycles.